The molecule has 2 aromatic heterocycles. The number of imidazole rings is 1. The van der Waals surface area contributed by atoms with Crippen LogP contribution in [-0.2, 0) is 20.7 Å². The topological polar surface area (TPSA) is 104 Å². The highest BCUT2D eigenvalue weighted by molar-refractivity contribution is 7.07. The minimum Gasteiger partial charge on any atom is -0.453 e. The number of amides is 1. The van der Waals surface area contributed by atoms with Crippen LogP contribution in [0.15, 0.2) is 39.8 Å². The second kappa shape index (κ2) is 7.35. The first-order chi connectivity index (χ1) is 12.0. The van der Waals surface area contributed by atoms with Gasteiger partial charge in [0.15, 0.2) is 6.10 Å². The second-order valence-electron chi connectivity index (χ2n) is 5.59. The lowest BCUT2D eigenvalue weighted by Gasteiger charge is -2.13. The van der Waals surface area contributed by atoms with E-state index in [2.05, 4.69) is 15.3 Å². The number of carbonyl (C=O) groups is 2. The number of carbonyl (C=O) groups excluding carboxylic acids is 2. The van der Waals surface area contributed by atoms with Crippen LogP contribution >= 0.6 is 11.3 Å². The molecule has 0 spiro atoms. The Kier molecular flexibility index (Phi) is 4.99. The number of nitrogens with one attached hydrogen (secondary N) is 3. The average Bonchev–Trinajstić information content (AvgIpc) is 3.20. The third-order valence-electron chi connectivity index (χ3n) is 3.66. The first-order valence-electron chi connectivity index (χ1n) is 7.75. The zero-order valence-electron chi connectivity index (χ0n) is 13.5. The lowest BCUT2D eigenvalue weighted by atomic mass is 10.2. The molecule has 0 saturated carbocycles. The summed E-state index contributed by atoms with van der Waals surface area (Å²) in [5, 5.41) is 6.59. The molecule has 2 heterocycles. The lowest BCUT2D eigenvalue weighted by Crippen LogP contribution is -2.30. The van der Waals surface area contributed by atoms with E-state index in [-0.39, 0.29) is 12.1 Å². The van der Waals surface area contributed by atoms with Crippen LogP contribution in [0.1, 0.15) is 18.9 Å². The Labute approximate surface area is 147 Å². The van der Waals surface area contributed by atoms with Crippen LogP contribution in [0, 0.1) is 0 Å². The minimum atomic E-state index is -0.907. The number of H-pyrrole nitrogens is 2. The molecule has 3 aromatic rings. The fourth-order valence-electron chi connectivity index (χ4n) is 2.35. The molecule has 0 unspecified atom stereocenters. The van der Waals surface area contributed by atoms with Gasteiger partial charge in [-0.2, -0.15) is 11.3 Å². The van der Waals surface area contributed by atoms with Gasteiger partial charge in [0.25, 0.3) is 5.91 Å². The monoisotopic (exact) mass is 359 g/mol. The number of thiophene rings is 1. The molecular formula is C17H17N3O4S. The quantitative estimate of drug-likeness (QED) is 0.588. The Morgan fingerprint density at radius 3 is 2.80 bits per heavy atom. The van der Waals surface area contributed by atoms with Gasteiger partial charge >= 0.3 is 11.7 Å². The molecule has 130 valence electrons. The number of rotatable bonds is 6. The van der Waals surface area contributed by atoms with Gasteiger partial charge in [-0.05, 0) is 53.9 Å². The van der Waals surface area contributed by atoms with Gasteiger partial charge in [0.05, 0.1) is 11.0 Å². The van der Waals surface area contributed by atoms with E-state index in [0.29, 0.717) is 23.1 Å². The summed E-state index contributed by atoms with van der Waals surface area (Å²) in [4.78, 5) is 40.5. The third kappa shape index (κ3) is 4.36. The summed E-state index contributed by atoms with van der Waals surface area (Å²) in [5.74, 6) is -0.847. The van der Waals surface area contributed by atoms with Crippen LogP contribution < -0.4 is 11.0 Å². The number of aromatic nitrogens is 2. The number of esters is 1. The molecule has 8 heteroatoms. The summed E-state index contributed by atoms with van der Waals surface area (Å²) in [6.07, 6.45) is -0.0880. The van der Waals surface area contributed by atoms with E-state index >= 15 is 0 Å². The van der Waals surface area contributed by atoms with Gasteiger partial charge in [-0.1, -0.05) is 0 Å². The highest BCUT2D eigenvalue weighted by Crippen LogP contribution is 2.15. The SMILES string of the molecule is C[C@H](OC(=O)CCc1ccsc1)C(=O)Nc1ccc2[nH]c(=O)[nH]c2c1. The average molecular weight is 359 g/mol. The van der Waals surface area contributed by atoms with E-state index in [0.717, 1.165) is 5.56 Å². The van der Waals surface area contributed by atoms with E-state index in [1.54, 1.807) is 29.5 Å². The zero-order chi connectivity index (χ0) is 17.8. The number of aryl methyl sites for hydroxylation is 1. The minimum absolute atomic E-state index is 0.227. The van der Waals surface area contributed by atoms with Gasteiger partial charge < -0.3 is 20.0 Å². The van der Waals surface area contributed by atoms with Crippen molar-refractivity contribution in [3.8, 4) is 0 Å². The summed E-state index contributed by atoms with van der Waals surface area (Å²) >= 11 is 1.57. The Bertz CT molecular complexity index is 942. The first-order valence-corrected chi connectivity index (χ1v) is 8.69. The molecule has 0 aliphatic rings. The lowest BCUT2D eigenvalue weighted by molar-refractivity contribution is -0.153. The zero-order valence-corrected chi connectivity index (χ0v) is 14.3. The number of hydrogen-bond donors (Lipinski definition) is 3. The molecule has 7 nitrogen and oxygen atoms in total. The molecule has 3 N–H and O–H groups in total. The fraction of sp³-hybridized carbons (Fsp3) is 0.235. The maximum Gasteiger partial charge on any atom is 0.323 e. The predicted octanol–water partition coefficient (Wildman–Crippen LogP) is 2.42. The van der Waals surface area contributed by atoms with Crippen LogP contribution in [0.3, 0.4) is 0 Å². The number of ether oxygens (including phenoxy) is 1. The molecule has 1 amide bonds. The van der Waals surface area contributed by atoms with Crippen molar-refractivity contribution in [2.45, 2.75) is 25.9 Å². The van der Waals surface area contributed by atoms with Crippen LogP contribution in [-0.4, -0.2) is 27.9 Å². The summed E-state index contributed by atoms with van der Waals surface area (Å²) in [7, 11) is 0. The van der Waals surface area contributed by atoms with Gasteiger partial charge in [0.2, 0.25) is 0 Å². The van der Waals surface area contributed by atoms with Gasteiger partial charge in [-0.3, -0.25) is 9.59 Å². The van der Waals surface area contributed by atoms with Crippen molar-refractivity contribution in [1.29, 1.82) is 0 Å². The molecule has 0 radical (unpaired) electrons. The Morgan fingerprint density at radius 1 is 1.24 bits per heavy atom. The first kappa shape index (κ1) is 17.0. The maximum atomic E-state index is 12.2. The molecule has 0 saturated heterocycles. The number of aromatic amines is 2. The number of hydrogen-bond acceptors (Lipinski definition) is 5. The number of anilines is 1. The van der Waals surface area contributed by atoms with Crippen LogP contribution in [0.25, 0.3) is 11.0 Å². The summed E-state index contributed by atoms with van der Waals surface area (Å²) in [6, 6.07) is 6.93. The highest BCUT2D eigenvalue weighted by Gasteiger charge is 2.18. The van der Waals surface area contributed by atoms with Crippen molar-refractivity contribution in [2.24, 2.45) is 0 Å². The Morgan fingerprint density at radius 2 is 2.04 bits per heavy atom. The summed E-state index contributed by atoms with van der Waals surface area (Å²) < 4.78 is 5.16. The third-order valence-corrected chi connectivity index (χ3v) is 4.39. The Hall–Kier alpha value is -2.87. The van der Waals surface area contributed by atoms with Gasteiger partial charge in [0.1, 0.15) is 0 Å². The highest BCUT2D eigenvalue weighted by atomic mass is 32.1. The van der Waals surface area contributed by atoms with E-state index in [1.165, 1.54) is 6.92 Å². The van der Waals surface area contributed by atoms with E-state index in [4.69, 9.17) is 4.74 Å². The normalized spacial score (nSPS) is 12.0. The largest absolute Gasteiger partial charge is 0.453 e. The molecule has 0 fully saturated rings. The smallest absolute Gasteiger partial charge is 0.323 e. The fourth-order valence-corrected chi connectivity index (χ4v) is 3.05. The van der Waals surface area contributed by atoms with Crippen molar-refractivity contribution in [3.05, 3.63) is 51.1 Å². The van der Waals surface area contributed by atoms with Crippen LogP contribution in [0.4, 0.5) is 5.69 Å². The maximum absolute atomic E-state index is 12.2. The van der Waals surface area contributed by atoms with Gasteiger partial charge in [-0.15, -0.1) is 0 Å². The number of benzene rings is 1. The molecule has 0 aliphatic heterocycles. The molecule has 25 heavy (non-hydrogen) atoms. The molecule has 1 atom stereocenters. The number of fused-ring (bicyclic) bond motifs is 1. The predicted molar refractivity (Wildman–Crippen MR) is 95.7 cm³/mol. The summed E-state index contributed by atoms with van der Waals surface area (Å²) in [6.45, 7) is 1.52. The molecular weight excluding hydrogens is 342 g/mol. The van der Waals surface area contributed by atoms with Crippen LogP contribution in [0.5, 0.6) is 0 Å². The molecule has 0 aliphatic carbocycles. The van der Waals surface area contributed by atoms with E-state index < -0.39 is 18.0 Å². The Balaban J connectivity index is 1.54. The second-order valence-corrected chi connectivity index (χ2v) is 6.37. The van der Waals surface area contributed by atoms with Crippen molar-refractivity contribution in [3.63, 3.8) is 0 Å². The standard InChI is InChI=1S/C17H17N3O4S/c1-10(24-15(21)5-2-11-6-7-25-9-11)16(22)18-12-3-4-13-14(8-12)20-17(23)19-13/h3-4,6-10H,2,5H2,1H3,(H,18,22)(H2,19,20,23)/t10-/m0/s1. The van der Waals surface area contributed by atoms with Gasteiger partial charge in [0, 0.05) is 12.1 Å². The van der Waals surface area contributed by atoms with Crippen LogP contribution in [0.2, 0.25) is 0 Å². The van der Waals surface area contributed by atoms with Crippen molar-refractivity contribution >= 4 is 39.9 Å². The van der Waals surface area contributed by atoms with Gasteiger partial charge in [-0.25, -0.2) is 4.79 Å². The summed E-state index contributed by atoms with van der Waals surface area (Å²) in [5.41, 5.74) is 2.51. The van der Waals surface area contributed by atoms with E-state index in [1.807, 2.05) is 16.8 Å². The molecule has 0 bridgehead atoms. The molecule has 3 rings (SSSR count). The van der Waals surface area contributed by atoms with Crippen molar-refractivity contribution < 1.29 is 14.3 Å². The van der Waals surface area contributed by atoms with Crippen molar-refractivity contribution in [2.75, 3.05) is 5.32 Å². The van der Waals surface area contributed by atoms with E-state index in [9.17, 15) is 14.4 Å². The van der Waals surface area contributed by atoms with Crippen molar-refractivity contribution in [1.82, 2.24) is 9.97 Å². The molecule has 1 aromatic carbocycles.